The molecule has 2 N–H and O–H groups in total. The maximum absolute atomic E-state index is 9.62. The number of carbonyl (C=O) groups excluding carboxylic acids is 2. The average molecular weight is 201 g/mol. The molecule has 0 amide bonds. The molecule has 5 nitrogen and oxygen atoms in total. The van der Waals surface area contributed by atoms with Crippen molar-refractivity contribution in [2.24, 2.45) is 5.73 Å². The topological polar surface area (TPSA) is 106 Å². The van der Waals surface area contributed by atoms with Crippen LogP contribution in [0.15, 0.2) is 0 Å². The van der Waals surface area contributed by atoms with Crippen molar-refractivity contribution in [2.45, 2.75) is 26.3 Å². The maximum atomic E-state index is 9.62. The Morgan fingerprint density at radius 1 is 1.42 bits per heavy atom. The summed E-state index contributed by atoms with van der Waals surface area (Å²) < 4.78 is 0. The van der Waals surface area contributed by atoms with Crippen LogP contribution < -0.4 is 15.9 Å². The molecule has 0 spiro atoms. The van der Waals surface area contributed by atoms with Crippen molar-refractivity contribution in [2.75, 3.05) is 0 Å². The first-order valence-corrected chi connectivity index (χ1v) is 2.99. The molecule has 0 radical (unpaired) electrons. The Kier molecular flexibility index (Phi) is 16.8. The second-order valence-electron chi connectivity index (χ2n) is 2.04. The largest absolute Gasteiger partial charge is 2.00 e. The molecule has 1 atom stereocenters. The molecule has 66 valence electrons. The molecule has 0 fully saturated rings. The molecule has 0 aromatic rings. The van der Waals surface area contributed by atoms with Crippen LogP contribution in [-0.4, -0.2) is 55.7 Å². The van der Waals surface area contributed by atoms with Gasteiger partial charge in [0.25, 0.3) is 0 Å². The third-order valence-electron chi connectivity index (χ3n) is 0.489. The quantitative estimate of drug-likeness (QED) is 0.475. The van der Waals surface area contributed by atoms with Gasteiger partial charge in [0.1, 0.15) is 0 Å². The Labute approximate surface area is 101 Å². The van der Waals surface area contributed by atoms with Gasteiger partial charge in [-0.3, -0.25) is 0 Å². The van der Waals surface area contributed by atoms with Gasteiger partial charge in [-0.25, -0.2) is 0 Å². The zero-order valence-corrected chi connectivity index (χ0v) is 9.41. The van der Waals surface area contributed by atoms with Crippen molar-refractivity contribution in [1.82, 2.24) is 0 Å². The molecule has 0 aliphatic rings. The summed E-state index contributed by atoms with van der Waals surface area (Å²) in [6.45, 7) is 2.59. The number of carboxylic acid groups (broad SMARTS) is 2. The molecule has 0 bridgehead atoms. The van der Waals surface area contributed by atoms with Crippen LogP contribution >= 0.6 is 0 Å². The van der Waals surface area contributed by atoms with Crippen molar-refractivity contribution < 1.29 is 19.8 Å². The summed E-state index contributed by atoms with van der Waals surface area (Å²) >= 11 is 0. The number of carboxylic acids is 2. The first kappa shape index (κ1) is 18.0. The van der Waals surface area contributed by atoms with E-state index in [0.717, 1.165) is 6.92 Å². The molecule has 0 heterocycles. The van der Waals surface area contributed by atoms with Crippen molar-refractivity contribution in [3.63, 3.8) is 0 Å². The second kappa shape index (κ2) is 11.2. The minimum Gasteiger partial charge on any atom is -0.550 e. The Morgan fingerprint density at radius 3 is 1.67 bits per heavy atom. The van der Waals surface area contributed by atoms with Crippen molar-refractivity contribution >= 4 is 49.7 Å². The van der Waals surface area contributed by atoms with Gasteiger partial charge in [0.05, 0.1) is 0 Å². The summed E-state index contributed by atoms with van der Waals surface area (Å²) in [6, 6.07) is -0.287. The smallest absolute Gasteiger partial charge is 0.550 e. The van der Waals surface area contributed by atoms with Crippen molar-refractivity contribution in [3.05, 3.63) is 0 Å². The van der Waals surface area contributed by atoms with E-state index < -0.39 is 11.9 Å². The molecule has 0 aromatic heterocycles. The Balaban J connectivity index is -0.000000142. The third-order valence-corrected chi connectivity index (χ3v) is 0.489. The van der Waals surface area contributed by atoms with Crippen LogP contribution in [0.5, 0.6) is 0 Å². The maximum Gasteiger partial charge on any atom is 2.00 e. The Bertz CT molecular complexity index is 134. The van der Waals surface area contributed by atoms with E-state index in [9.17, 15) is 9.90 Å². The zero-order valence-electron chi connectivity index (χ0n) is 7.20. The first-order valence-electron chi connectivity index (χ1n) is 2.99. The number of rotatable bonds is 2. The van der Waals surface area contributed by atoms with Gasteiger partial charge in [0, 0.05) is 24.4 Å². The summed E-state index contributed by atoms with van der Waals surface area (Å²) in [6.07, 6.45) is -0.0556. The SMILES string of the molecule is CC(=O)[O-].C[C@@H](N)CC(=O)[O-].[Ca+2]. The summed E-state index contributed by atoms with van der Waals surface area (Å²) in [5.41, 5.74) is 5.07. The summed E-state index contributed by atoms with van der Waals surface area (Å²) in [5.74, 6) is -2.17. The van der Waals surface area contributed by atoms with Crippen molar-refractivity contribution in [3.8, 4) is 0 Å². The minimum atomic E-state index is -1.09. The number of carbonyl (C=O) groups is 2. The zero-order chi connectivity index (χ0) is 9.44. The fourth-order valence-corrected chi connectivity index (χ4v) is 0.263. The fourth-order valence-electron chi connectivity index (χ4n) is 0.263. The van der Waals surface area contributed by atoms with E-state index in [1.165, 1.54) is 0 Å². The number of aliphatic carboxylic acids is 2. The predicted octanol–water partition coefficient (Wildman–Crippen LogP) is -3.15. The standard InChI is InChI=1S/C4H9NO2.C2H4O2.Ca/c1-3(5)2-4(6)7;1-2(3)4;/h3H,2,5H2,1H3,(H,6,7);1H3,(H,3,4);/q;;+2/p-2/t3-;;/m1../s1. The molecular formula is C6H11CaNO4. The monoisotopic (exact) mass is 201 g/mol. The van der Waals surface area contributed by atoms with E-state index in [-0.39, 0.29) is 50.2 Å². The van der Waals surface area contributed by atoms with E-state index >= 15 is 0 Å². The number of hydrogen-bond acceptors (Lipinski definition) is 5. The number of hydrogen-bond donors (Lipinski definition) is 1. The Morgan fingerprint density at radius 2 is 1.67 bits per heavy atom. The van der Waals surface area contributed by atoms with Gasteiger partial charge in [-0.05, 0) is 13.8 Å². The molecule has 6 heteroatoms. The molecule has 0 unspecified atom stereocenters. The fraction of sp³-hybridized carbons (Fsp3) is 0.667. The van der Waals surface area contributed by atoms with Crippen molar-refractivity contribution in [1.29, 1.82) is 0 Å². The molecule has 12 heavy (non-hydrogen) atoms. The van der Waals surface area contributed by atoms with Crippen LogP contribution in [0.1, 0.15) is 20.3 Å². The summed E-state index contributed by atoms with van der Waals surface area (Å²) in [7, 11) is 0. The van der Waals surface area contributed by atoms with Crippen LogP contribution in [0.3, 0.4) is 0 Å². The van der Waals surface area contributed by atoms with Crippen LogP contribution in [0, 0.1) is 0 Å². The van der Waals surface area contributed by atoms with Crippen LogP contribution in [0.4, 0.5) is 0 Å². The molecular weight excluding hydrogens is 190 g/mol. The second-order valence-corrected chi connectivity index (χ2v) is 2.04. The third kappa shape index (κ3) is 49.3. The van der Waals surface area contributed by atoms with E-state index in [1.807, 2.05) is 0 Å². The molecule has 0 aliphatic carbocycles. The molecule has 0 rings (SSSR count). The number of nitrogens with two attached hydrogens (primary N) is 1. The normalized spacial score (nSPS) is 9.92. The van der Waals surface area contributed by atoms with E-state index in [0.29, 0.717) is 0 Å². The van der Waals surface area contributed by atoms with Gasteiger partial charge < -0.3 is 25.5 Å². The molecule has 0 aromatic carbocycles. The van der Waals surface area contributed by atoms with E-state index in [1.54, 1.807) is 6.92 Å². The van der Waals surface area contributed by atoms with Crippen LogP contribution in [0.25, 0.3) is 0 Å². The minimum absolute atomic E-state index is 0. The van der Waals surface area contributed by atoms with Gasteiger partial charge in [-0.15, -0.1) is 0 Å². The van der Waals surface area contributed by atoms with Gasteiger partial charge in [0.15, 0.2) is 0 Å². The predicted molar refractivity (Wildman–Crippen MR) is 39.7 cm³/mol. The molecule has 0 aliphatic heterocycles. The van der Waals surface area contributed by atoms with E-state index in [4.69, 9.17) is 15.6 Å². The van der Waals surface area contributed by atoms with Gasteiger partial charge in [-0.1, -0.05) is 0 Å². The molecule has 0 saturated heterocycles. The van der Waals surface area contributed by atoms with Gasteiger partial charge >= 0.3 is 37.7 Å². The average Bonchev–Trinajstić information content (AvgIpc) is 1.56. The van der Waals surface area contributed by atoms with Crippen LogP contribution in [-0.2, 0) is 9.59 Å². The Hall–Kier alpha value is 0.160. The van der Waals surface area contributed by atoms with E-state index in [2.05, 4.69) is 0 Å². The van der Waals surface area contributed by atoms with Gasteiger partial charge in [0.2, 0.25) is 0 Å². The summed E-state index contributed by atoms with van der Waals surface area (Å²) in [5, 5.41) is 18.5. The molecule has 0 saturated carbocycles. The summed E-state index contributed by atoms with van der Waals surface area (Å²) in [4.78, 5) is 18.5. The van der Waals surface area contributed by atoms with Crippen LogP contribution in [0.2, 0.25) is 0 Å². The van der Waals surface area contributed by atoms with Gasteiger partial charge in [-0.2, -0.15) is 0 Å². The first-order chi connectivity index (χ1) is 4.86.